The first kappa shape index (κ1) is 17.3. The maximum Gasteiger partial charge on any atom is 0.0274 e. The summed E-state index contributed by atoms with van der Waals surface area (Å²) in [7, 11) is 0. The van der Waals surface area contributed by atoms with E-state index in [9.17, 15) is 0 Å². The minimum Gasteiger partial charge on any atom is -0.312 e. The molecule has 1 saturated carbocycles. The Kier molecular flexibility index (Phi) is 5.41. The molecule has 0 aromatic carbocycles. The van der Waals surface area contributed by atoms with E-state index < -0.39 is 0 Å². The lowest BCUT2D eigenvalue weighted by molar-refractivity contribution is 0.0559. The highest BCUT2D eigenvalue weighted by molar-refractivity contribution is 5.00. The molecule has 0 aromatic rings. The van der Waals surface area contributed by atoms with E-state index in [-0.39, 0.29) is 0 Å². The predicted octanol–water partition coefficient (Wildman–Crippen LogP) is 4.30. The van der Waals surface area contributed by atoms with Gasteiger partial charge in [0.2, 0.25) is 0 Å². The van der Waals surface area contributed by atoms with E-state index in [0.29, 0.717) is 16.9 Å². The van der Waals surface area contributed by atoms with Crippen LogP contribution in [0.15, 0.2) is 0 Å². The number of hydrogen-bond acceptors (Lipinski definition) is 2. The maximum atomic E-state index is 3.90. The van der Waals surface area contributed by atoms with E-state index in [1.54, 1.807) is 0 Å². The van der Waals surface area contributed by atoms with Gasteiger partial charge in [-0.1, -0.05) is 48.0 Å². The number of rotatable bonds is 4. The molecule has 0 spiro atoms. The van der Waals surface area contributed by atoms with Crippen LogP contribution >= 0.6 is 0 Å². The Labute approximate surface area is 133 Å². The van der Waals surface area contributed by atoms with Crippen LogP contribution in [0.25, 0.3) is 0 Å². The Hall–Kier alpha value is -0.0800. The number of nitrogens with zero attached hydrogens (tertiary/aromatic N) is 1. The van der Waals surface area contributed by atoms with Gasteiger partial charge in [0.1, 0.15) is 0 Å². The normalized spacial score (nSPS) is 34.3. The first-order chi connectivity index (χ1) is 9.75. The molecule has 2 rings (SSSR count). The van der Waals surface area contributed by atoms with Gasteiger partial charge < -0.3 is 5.32 Å². The van der Waals surface area contributed by atoms with Crippen LogP contribution in [0.2, 0.25) is 0 Å². The summed E-state index contributed by atoms with van der Waals surface area (Å²) in [4.78, 5) is 2.82. The van der Waals surface area contributed by atoms with Crippen molar-refractivity contribution in [2.45, 2.75) is 85.7 Å². The summed E-state index contributed by atoms with van der Waals surface area (Å²) in [5, 5.41) is 3.90. The molecule has 0 radical (unpaired) electrons. The van der Waals surface area contributed by atoms with Crippen molar-refractivity contribution in [3.63, 3.8) is 0 Å². The summed E-state index contributed by atoms with van der Waals surface area (Å²) in [6, 6.07) is 1.43. The van der Waals surface area contributed by atoms with Gasteiger partial charge in [0.15, 0.2) is 0 Å². The minimum absolute atomic E-state index is 0.442. The molecule has 1 aliphatic heterocycles. The molecule has 1 aliphatic carbocycles. The van der Waals surface area contributed by atoms with Crippen LogP contribution in [0.5, 0.6) is 0 Å². The van der Waals surface area contributed by atoms with E-state index in [0.717, 1.165) is 12.0 Å². The van der Waals surface area contributed by atoms with Crippen molar-refractivity contribution in [1.29, 1.82) is 0 Å². The van der Waals surface area contributed by atoms with E-state index in [1.807, 2.05) is 0 Å². The van der Waals surface area contributed by atoms with E-state index in [2.05, 4.69) is 51.8 Å². The molecule has 2 fully saturated rings. The van der Waals surface area contributed by atoms with Gasteiger partial charge in [-0.05, 0) is 55.5 Å². The van der Waals surface area contributed by atoms with Crippen LogP contribution in [0.1, 0.15) is 73.6 Å². The third-order valence-electron chi connectivity index (χ3n) is 6.08. The van der Waals surface area contributed by atoms with Crippen LogP contribution in [0.4, 0.5) is 0 Å². The summed E-state index contributed by atoms with van der Waals surface area (Å²) in [6.07, 6.45) is 6.80. The summed E-state index contributed by atoms with van der Waals surface area (Å²) in [5.74, 6) is 0.870. The fourth-order valence-corrected chi connectivity index (χ4v) is 4.51. The lowest BCUT2D eigenvalue weighted by Crippen LogP contribution is -2.58. The summed E-state index contributed by atoms with van der Waals surface area (Å²) < 4.78 is 0. The fourth-order valence-electron chi connectivity index (χ4n) is 4.51. The van der Waals surface area contributed by atoms with Crippen LogP contribution in [0, 0.1) is 16.7 Å². The molecule has 3 unspecified atom stereocenters. The highest BCUT2D eigenvalue weighted by Gasteiger charge is 2.44. The zero-order chi connectivity index (χ0) is 15.7. The Morgan fingerprint density at radius 3 is 2.48 bits per heavy atom. The van der Waals surface area contributed by atoms with Gasteiger partial charge in [-0.3, -0.25) is 4.90 Å². The van der Waals surface area contributed by atoms with E-state index in [1.165, 1.54) is 51.7 Å². The number of hydrogen-bond donors (Lipinski definition) is 1. The first-order valence-electron chi connectivity index (χ1n) is 9.23. The van der Waals surface area contributed by atoms with Crippen molar-refractivity contribution >= 4 is 0 Å². The van der Waals surface area contributed by atoms with E-state index in [4.69, 9.17) is 0 Å². The van der Waals surface area contributed by atoms with Crippen molar-refractivity contribution in [1.82, 2.24) is 10.2 Å². The van der Waals surface area contributed by atoms with E-state index >= 15 is 0 Å². The third kappa shape index (κ3) is 4.01. The first-order valence-corrected chi connectivity index (χ1v) is 9.23. The maximum absolute atomic E-state index is 3.90. The lowest BCUT2D eigenvalue weighted by atomic mass is 9.70. The Balaban J connectivity index is 2.06. The molecule has 0 aromatic heterocycles. The minimum atomic E-state index is 0.442. The molecule has 1 N–H and O–H groups in total. The predicted molar refractivity (Wildman–Crippen MR) is 92.6 cm³/mol. The molecular weight excluding hydrogens is 256 g/mol. The topological polar surface area (TPSA) is 15.3 Å². The largest absolute Gasteiger partial charge is 0.312 e. The molecule has 124 valence electrons. The van der Waals surface area contributed by atoms with Crippen molar-refractivity contribution in [2.24, 2.45) is 16.7 Å². The Morgan fingerprint density at radius 2 is 1.90 bits per heavy atom. The highest BCUT2D eigenvalue weighted by atomic mass is 15.2. The number of nitrogens with one attached hydrogen (secondary N) is 1. The molecule has 2 aliphatic rings. The van der Waals surface area contributed by atoms with Gasteiger partial charge in [0.25, 0.3) is 0 Å². The van der Waals surface area contributed by atoms with Gasteiger partial charge >= 0.3 is 0 Å². The average Bonchev–Trinajstić information content (AvgIpc) is 2.85. The second kappa shape index (κ2) is 6.58. The van der Waals surface area contributed by atoms with Gasteiger partial charge in [0, 0.05) is 18.6 Å². The molecule has 0 bridgehead atoms. The zero-order valence-corrected chi connectivity index (χ0v) is 15.3. The van der Waals surface area contributed by atoms with Crippen LogP contribution in [0.3, 0.4) is 0 Å². The smallest absolute Gasteiger partial charge is 0.0274 e. The molecular formula is C19H38N2. The van der Waals surface area contributed by atoms with Gasteiger partial charge in [-0.2, -0.15) is 0 Å². The molecule has 3 atom stereocenters. The summed E-state index contributed by atoms with van der Waals surface area (Å²) in [6.45, 7) is 18.3. The van der Waals surface area contributed by atoms with Crippen LogP contribution in [-0.2, 0) is 0 Å². The molecule has 2 heteroatoms. The average molecular weight is 295 g/mol. The second-order valence-corrected chi connectivity index (χ2v) is 9.23. The summed E-state index contributed by atoms with van der Waals surface area (Å²) in [5.41, 5.74) is 0.906. The third-order valence-corrected chi connectivity index (χ3v) is 6.08. The van der Waals surface area contributed by atoms with Gasteiger partial charge in [0.05, 0.1) is 0 Å². The molecule has 21 heavy (non-hydrogen) atoms. The lowest BCUT2D eigenvalue weighted by Gasteiger charge is -2.48. The highest BCUT2D eigenvalue weighted by Crippen LogP contribution is 2.41. The van der Waals surface area contributed by atoms with Gasteiger partial charge in [-0.25, -0.2) is 0 Å². The Morgan fingerprint density at radius 1 is 1.19 bits per heavy atom. The summed E-state index contributed by atoms with van der Waals surface area (Å²) >= 11 is 0. The molecule has 1 heterocycles. The Bertz CT molecular complexity index is 329. The standard InChI is InChI=1S/C19H38N2/c1-7-12-20-17-16(9-8-11-19(17,5)6)21-13-10-15(14-21)18(2,3)4/h15-17,20H,7-14H2,1-6H3. The zero-order valence-electron chi connectivity index (χ0n) is 15.3. The number of likely N-dealkylation sites (tertiary alicyclic amines) is 1. The fraction of sp³-hybridized carbons (Fsp3) is 1.00. The molecule has 1 saturated heterocycles. The van der Waals surface area contributed by atoms with Crippen LogP contribution < -0.4 is 5.32 Å². The second-order valence-electron chi connectivity index (χ2n) is 9.23. The van der Waals surface area contributed by atoms with Crippen molar-refractivity contribution in [3.8, 4) is 0 Å². The SMILES string of the molecule is CCCNC1C(N2CCC(C(C)(C)C)C2)CCCC1(C)C. The quantitative estimate of drug-likeness (QED) is 0.831. The van der Waals surface area contributed by atoms with Crippen molar-refractivity contribution in [3.05, 3.63) is 0 Å². The van der Waals surface area contributed by atoms with Crippen molar-refractivity contribution in [2.75, 3.05) is 19.6 Å². The molecule has 2 nitrogen and oxygen atoms in total. The van der Waals surface area contributed by atoms with Gasteiger partial charge in [-0.15, -0.1) is 0 Å². The monoisotopic (exact) mass is 294 g/mol. The molecule has 0 amide bonds. The van der Waals surface area contributed by atoms with Crippen molar-refractivity contribution < 1.29 is 0 Å². The van der Waals surface area contributed by atoms with Crippen LogP contribution in [-0.4, -0.2) is 36.6 Å².